The second kappa shape index (κ2) is 5.84. The maximum absolute atomic E-state index is 6.17. The molecule has 1 aromatic heterocycles. The topological polar surface area (TPSA) is 76.8 Å². The van der Waals surface area contributed by atoms with Crippen molar-refractivity contribution < 1.29 is 4.74 Å². The summed E-state index contributed by atoms with van der Waals surface area (Å²) in [5.74, 6) is 2.86. The van der Waals surface area contributed by atoms with Crippen LogP contribution in [0.3, 0.4) is 0 Å². The summed E-state index contributed by atoms with van der Waals surface area (Å²) in [7, 11) is 1.64. The van der Waals surface area contributed by atoms with Crippen LogP contribution in [-0.4, -0.2) is 22.3 Å². The van der Waals surface area contributed by atoms with Crippen molar-refractivity contribution in [3.8, 4) is 5.75 Å². The normalized spacial score (nSPS) is 12.7. The molecule has 1 heterocycles. The summed E-state index contributed by atoms with van der Waals surface area (Å²) in [4.78, 5) is 4.45. The van der Waals surface area contributed by atoms with E-state index in [4.69, 9.17) is 10.5 Å². The Morgan fingerprint density at radius 1 is 1.26 bits per heavy atom. The third-order valence-corrected chi connectivity index (χ3v) is 2.90. The number of benzene rings is 1. The molecule has 0 bridgehead atoms. The zero-order chi connectivity index (χ0) is 13.8. The molecule has 2 rings (SSSR count). The molecule has 0 radical (unpaired) electrons. The van der Waals surface area contributed by atoms with E-state index in [1.54, 1.807) is 7.11 Å². The van der Waals surface area contributed by atoms with Gasteiger partial charge in [0.05, 0.1) is 13.2 Å². The molecule has 5 heteroatoms. The van der Waals surface area contributed by atoms with Crippen molar-refractivity contribution in [1.29, 1.82) is 0 Å². The largest absolute Gasteiger partial charge is 0.497 e. The van der Waals surface area contributed by atoms with Gasteiger partial charge >= 0.3 is 0 Å². The smallest absolute Gasteiger partial charge is 0.171 e. The summed E-state index contributed by atoms with van der Waals surface area (Å²) in [6.07, 6.45) is 0.877. The number of rotatable bonds is 5. The van der Waals surface area contributed by atoms with Gasteiger partial charge in [0.25, 0.3) is 0 Å². The minimum absolute atomic E-state index is 0.317. The average molecular weight is 260 g/mol. The fraction of sp³-hybridized carbons (Fsp3) is 0.429. The summed E-state index contributed by atoms with van der Waals surface area (Å²) in [5.41, 5.74) is 7.13. The van der Waals surface area contributed by atoms with Crippen LogP contribution in [0.15, 0.2) is 24.3 Å². The monoisotopic (exact) mass is 260 g/mol. The molecule has 5 nitrogen and oxygen atoms in total. The number of H-pyrrole nitrogens is 1. The van der Waals surface area contributed by atoms with Gasteiger partial charge in [-0.15, -0.1) is 0 Å². The van der Waals surface area contributed by atoms with Crippen molar-refractivity contribution in [2.24, 2.45) is 11.7 Å². The molecule has 0 aliphatic carbocycles. The van der Waals surface area contributed by atoms with Gasteiger partial charge in [0.1, 0.15) is 11.6 Å². The standard InChI is InChI=1S/C14H20N4O/c1-9(2)8-12-16-14(18-17-12)13(15)10-4-6-11(19-3)7-5-10/h4-7,9,13H,8,15H2,1-3H3,(H,16,17,18)/t13-/m0/s1. The molecular formula is C14H20N4O. The first-order chi connectivity index (χ1) is 9.10. The molecule has 1 aromatic carbocycles. The number of aromatic nitrogens is 3. The predicted molar refractivity (Wildman–Crippen MR) is 73.9 cm³/mol. The van der Waals surface area contributed by atoms with Crippen molar-refractivity contribution in [3.05, 3.63) is 41.5 Å². The van der Waals surface area contributed by atoms with Gasteiger partial charge in [-0.25, -0.2) is 4.98 Å². The number of hydrogen-bond donors (Lipinski definition) is 2. The van der Waals surface area contributed by atoms with Gasteiger partial charge in [-0.3, -0.25) is 5.10 Å². The van der Waals surface area contributed by atoms with Gasteiger partial charge < -0.3 is 10.5 Å². The Kier molecular flexibility index (Phi) is 4.16. The Bertz CT molecular complexity index is 518. The van der Waals surface area contributed by atoms with E-state index < -0.39 is 0 Å². The third kappa shape index (κ3) is 3.32. The van der Waals surface area contributed by atoms with Gasteiger partial charge in [-0.2, -0.15) is 5.10 Å². The van der Waals surface area contributed by atoms with Crippen molar-refractivity contribution >= 4 is 0 Å². The number of nitrogens with one attached hydrogen (secondary N) is 1. The van der Waals surface area contributed by atoms with Crippen LogP contribution in [0.4, 0.5) is 0 Å². The first-order valence-electron chi connectivity index (χ1n) is 6.41. The molecule has 1 atom stereocenters. The fourth-order valence-electron chi connectivity index (χ4n) is 1.89. The Labute approximate surface area is 113 Å². The minimum Gasteiger partial charge on any atom is -0.497 e. The highest BCUT2D eigenvalue weighted by Crippen LogP contribution is 2.19. The predicted octanol–water partition coefficient (Wildman–Crippen LogP) is 2.06. The van der Waals surface area contributed by atoms with Gasteiger partial charge in [0, 0.05) is 6.42 Å². The lowest BCUT2D eigenvalue weighted by atomic mass is 10.1. The Morgan fingerprint density at radius 2 is 1.95 bits per heavy atom. The van der Waals surface area contributed by atoms with E-state index in [-0.39, 0.29) is 6.04 Å². The Morgan fingerprint density at radius 3 is 2.53 bits per heavy atom. The summed E-state index contributed by atoms with van der Waals surface area (Å²) in [5, 5.41) is 7.14. The lowest BCUT2D eigenvalue weighted by molar-refractivity contribution is 0.414. The maximum Gasteiger partial charge on any atom is 0.171 e. The van der Waals surface area contributed by atoms with Crippen molar-refractivity contribution in [2.75, 3.05) is 7.11 Å². The van der Waals surface area contributed by atoms with Crippen LogP contribution >= 0.6 is 0 Å². The van der Waals surface area contributed by atoms with E-state index in [1.165, 1.54) is 0 Å². The molecule has 0 saturated heterocycles. The van der Waals surface area contributed by atoms with E-state index in [9.17, 15) is 0 Å². The number of nitrogens with zero attached hydrogens (tertiary/aromatic N) is 2. The summed E-state index contributed by atoms with van der Waals surface area (Å²) >= 11 is 0. The van der Waals surface area contributed by atoms with E-state index >= 15 is 0 Å². The molecule has 0 saturated carbocycles. The maximum atomic E-state index is 6.17. The lowest BCUT2D eigenvalue weighted by Gasteiger charge is -2.08. The molecule has 0 fully saturated rings. The number of methoxy groups -OCH3 is 1. The van der Waals surface area contributed by atoms with E-state index in [2.05, 4.69) is 29.0 Å². The number of nitrogens with two attached hydrogens (primary N) is 1. The summed E-state index contributed by atoms with van der Waals surface area (Å²) < 4.78 is 5.12. The zero-order valence-electron chi connectivity index (χ0n) is 11.6. The molecule has 0 amide bonds. The second-order valence-electron chi connectivity index (χ2n) is 4.99. The highest BCUT2D eigenvalue weighted by Gasteiger charge is 2.15. The number of aromatic amines is 1. The van der Waals surface area contributed by atoms with E-state index in [0.717, 1.165) is 23.6 Å². The Balaban J connectivity index is 2.13. The molecule has 0 unspecified atom stereocenters. The summed E-state index contributed by atoms with van der Waals surface area (Å²) in [6, 6.07) is 7.32. The molecule has 19 heavy (non-hydrogen) atoms. The molecular weight excluding hydrogens is 240 g/mol. The molecule has 0 aliphatic rings. The third-order valence-electron chi connectivity index (χ3n) is 2.90. The van der Waals surface area contributed by atoms with E-state index in [0.29, 0.717) is 11.7 Å². The van der Waals surface area contributed by atoms with Crippen LogP contribution in [0.2, 0.25) is 0 Å². The van der Waals surface area contributed by atoms with Gasteiger partial charge in [-0.1, -0.05) is 26.0 Å². The van der Waals surface area contributed by atoms with Crippen LogP contribution in [0.1, 0.15) is 37.1 Å². The lowest BCUT2D eigenvalue weighted by Crippen LogP contribution is -2.13. The average Bonchev–Trinajstić information content (AvgIpc) is 2.85. The first kappa shape index (κ1) is 13.5. The van der Waals surface area contributed by atoms with Gasteiger partial charge in [0.2, 0.25) is 0 Å². The van der Waals surface area contributed by atoms with Crippen LogP contribution in [0.5, 0.6) is 5.75 Å². The first-order valence-corrected chi connectivity index (χ1v) is 6.41. The zero-order valence-corrected chi connectivity index (χ0v) is 11.6. The van der Waals surface area contributed by atoms with Crippen LogP contribution < -0.4 is 10.5 Å². The SMILES string of the molecule is COc1ccc([C@H](N)c2n[nH]c(CC(C)C)n2)cc1. The molecule has 2 aromatic rings. The molecule has 0 spiro atoms. The minimum atomic E-state index is -0.317. The van der Waals surface area contributed by atoms with Crippen molar-refractivity contribution in [3.63, 3.8) is 0 Å². The van der Waals surface area contributed by atoms with Crippen LogP contribution in [0, 0.1) is 5.92 Å². The van der Waals surface area contributed by atoms with Gasteiger partial charge in [-0.05, 0) is 23.6 Å². The second-order valence-corrected chi connectivity index (χ2v) is 4.99. The number of hydrogen-bond acceptors (Lipinski definition) is 4. The summed E-state index contributed by atoms with van der Waals surface area (Å²) in [6.45, 7) is 4.29. The number of ether oxygens (including phenoxy) is 1. The van der Waals surface area contributed by atoms with E-state index in [1.807, 2.05) is 24.3 Å². The van der Waals surface area contributed by atoms with Crippen molar-refractivity contribution in [1.82, 2.24) is 15.2 Å². The van der Waals surface area contributed by atoms with Crippen LogP contribution in [0.25, 0.3) is 0 Å². The van der Waals surface area contributed by atoms with Crippen LogP contribution in [-0.2, 0) is 6.42 Å². The molecule has 0 aliphatic heterocycles. The van der Waals surface area contributed by atoms with Gasteiger partial charge in [0.15, 0.2) is 5.82 Å². The highest BCUT2D eigenvalue weighted by molar-refractivity contribution is 5.31. The highest BCUT2D eigenvalue weighted by atomic mass is 16.5. The fourth-order valence-corrected chi connectivity index (χ4v) is 1.89. The Hall–Kier alpha value is -1.88. The quantitative estimate of drug-likeness (QED) is 0.862. The molecule has 102 valence electrons. The van der Waals surface area contributed by atoms with Crippen molar-refractivity contribution in [2.45, 2.75) is 26.3 Å². The molecule has 3 N–H and O–H groups in total.